The van der Waals surface area contributed by atoms with Crippen molar-refractivity contribution in [3.63, 3.8) is 0 Å². The second-order valence-electron chi connectivity index (χ2n) is 9.20. The van der Waals surface area contributed by atoms with Gasteiger partial charge in [0.1, 0.15) is 33.0 Å². The van der Waals surface area contributed by atoms with Crippen molar-refractivity contribution in [2.24, 2.45) is 15.1 Å². The van der Waals surface area contributed by atoms with Crippen LogP contribution in [0.4, 0.5) is 17.6 Å². The number of aliphatic imine (C=N–C) groups is 1. The minimum atomic E-state index is -4.68. The Morgan fingerprint density at radius 1 is 1.42 bits per heavy atom. The summed E-state index contributed by atoms with van der Waals surface area (Å²) in [4.78, 5) is 20.7. The van der Waals surface area contributed by atoms with E-state index in [1.54, 1.807) is 6.92 Å². The molecule has 3 atom stereocenters. The van der Waals surface area contributed by atoms with Crippen molar-refractivity contribution in [1.29, 1.82) is 5.26 Å². The van der Waals surface area contributed by atoms with Crippen LogP contribution in [0.15, 0.2) is 57.4 Å². The number of carbonyl (C=O) groups excluding carboxylic acids is 1. The first-order chi connectivity index (χ1) is 17.6. The number of carbonyl (C=O) groups is 1. The fourth-order valence-corrected chi connectivity index (χ4v) is 6.74. The minimum absolute atomic E-state index is 0.0275. The summed E-state index contributed by atoms with van der Waals surface area (Å²) < 4.78 is 73.8. The summed E-state index contributed by atoms with van der Waals surface area (Å²) in [6, 6.07) is 1.30. The molecule has 2 aliphatic heterocycles. The summed E-state index contributed by atoms with van der Waals surface area (Å²) in [6.45, 7) is 8.15. The lowest BCUT2D eigenvalue weighted by atomic mass is 9.94. The quantitative estimate of drug-likeness (QED) is 0.422. The number of amides is 1. The van der Waals surface area contributed by atoms with Gasteiger partial charge in [-0.15, -0.1) is 0 Å². The van der Waals surface area contributed by atoms with Gasteiger partial charge in [-0.05, 0) is 57.4 Å². The summed E-state index contributed by atoms with van der Waals surface area (Å²) in [7, 11) is -3.69. The molecular weight excluding hydrogens is 526 g/mol. The number of hydrogen-bond acceptors (Lipinski definition) is 7. The molecule has 0 saturated carbocycles. The molecular formula is C24H27F4N7O2S. The number of nitrogens with two attached hydrogens (primary N) is 1. The number of guanidine groups is 1. The molecule has 14 heteroatoms. The Kier molecular flexibility index (Phi) is 8.02. The standard InChI is InChI=1S/C24H27F4N7O2S/c1-14-10-17(11-29)12-31-20(14)21(36)32-15(2)7-8-18(25)16(3)23(4)13-38(37)34-19(24(26,27)28)6-5-9-35(38)22(30)33-23/h7-8,10,12,19H,3,5-6,9,13H2,1-2,4H3,(H2,30,33)(H,32,36)/b15-7+,18-8+/t19-,23-,38?/m0/s1. The van der Waals surface area contributed by atoms with Crippen LogP contribution in [0.1, 0.15) is 48.3 Å². The Bertz CT molecular complexity index is 1420. The first-order valence-electron chi connectivity index (χ1n) is 11.5. The number of aromatic nitrogens is 1. The van der Waals surface area contributed by atoms with E-state index in [9.17, 15) is 22.2 Å². The largest absolute Gasteiger partial charge is 0.411 e. The summed E-state index contributed by atoms with van der Waals surface area (Å²) >= 11 is 0. The van der Waals surface area contributed by atoms with Gasteiger partial charge < -0.3 is 11.1 Å². The maximum atomic E-state index is 15.2. The van der Waals surface area contributed by atoms with Gasteiger partial charge in [0.05, 0.1) is 11.3 Å². The maximum absolute atomic E-state index is 15.2. The zero-order valence-corrected chi connectivity index (χ0v) is 21.8. The SMILES string of the molecule is C=C(/C(F)=C\C=C(/C)NC(=O)c1ncc(C#N)cc1C)[C@]1(C)CS2(=O)=N[C@H](C(F)(F)F)CCCN2C(N)=N1. The molecule has 0 saturated heterocycles. The van der Waals surface area contributed by atoms with Gasteiger partial charge in [-0.2, -0.15) is 18.4 Å². The van der Waals surface area contributed by atoms with E-state index < -0.39 is 45.2 Å². The number of nitriles is 1. The van der Waals surface area contributed by atoms with E-state index in [1.165, 1.54) is 32.2 Å². The number of allylic oxidation sites excluding steroid dienone is 3. The normalized spacial score (nSPS) is 26.3. The Morgan fingerprint density at radius 3 is 2.71 bits per heavy atom. The van der Waals surface area contributed by atoms with Crippen LogP contribution in [0.2, 0.25) is 0 Å². The zero-order valence-electron chi connectivity index (χ0n) is 21.0. The molecule has 0 radical (unpaired) electrons. The van der Waals surface area contributed by atoms with Crippen molar-refractivity contribution in [2.75, 3.05) is 12.3 Å². The third-order valence-corrected chi connectivity index (χ3v) is 8.67. The third kappa shape index (κ3) is 6.04. The average Bonchev–Trinajstić information content (AvgIpc) is 3.00. The number of nitrogens with zero attached hydrogens (tertiary/aromatic N) is 5. The highest BCUT2D eigenvalue weighted by atomic mass is 32.2. The molecule has 0 aromatic carbocycles. The minimum Gasteiger partial charge on any atom is -0.369 e. The van der Waals surface area contributed by atoms with Gasteiger partial charge in [0.25, 0.3) is 5.91 Å². The van der Waals surface area contributed by atoms with E-state index in [1.807, 2.05) is 6.07 Å². The molecule has 0 spiro atoms. The molecule has 3 heterocycles. The van der Waals surface area contributed by atoms with Crippen LogP contribution in [0.3, 0.4) is 0 Å². The van der Waals surface area contributed by atoms with Crippen molar-refractivity contribution >= 4 is 21.8 Å². The molecule has 204 valence electrons. The average molecular weight is 554 g/mol. The van der Waals surface area contributed by atoms with Gasteiger partial charge >= 0.3 is 6.18 Å². The van der Waals surface area contributed by atoms with Gasteiger partial charge in [0, 0.05) is 24.0 Å². The second kappa shape index (κ2) is 10.6. The number of halogens is 4. The molecule has 1 aromatic heterocycles. The number of aryl methyl sites for hydroxylation is 1. The molecule has 0 fully saturated rings. The highest BCUT2D eigenvalue weighted by Gasteiger charge is 2.47. The number of pyridine rings is 1. The van der Waals surface area contributed by atoms with Gasteiger partial charge in [0.2, 0.25) is 5.96 Å². The lowest BCUT2D eigenvalue weighted by molar-refractivity contribution is -0.147. The van der Waals surface area contributed by atoms with Crippen molar-refractivity contribution in [3.05, 3.63) is 64.9 Å². The molecule has 2 aliphatic rings. The van der Waals surface area contributed by atoms with Crippen molar-refractivity contribution in [3.8, 4) is 6.07 Å². The summed E-state index contributed by atoms with van der Waals surface area (Å²) in [5, 5.41) is 11.5. The highest BCUT2D eigenvalue weighted by molar-refractivity contribution is 7.92. The van der Waals surface area contributed by atoms with E-state index in [0.717, 1.165) is 10.4 Å². The van der Waals surface area contributed by atoms with Crippen LogP contribution in [0, 0.1) is 18.3 Å². The molecule has 1 unspecified atom stereocenters. The fraction of sp³-hybridized carbons (Fsp3) is 0.417. The summed E-state index contributed by atoms with van der Waals surface area (Å²) in [6.07, 6.45) is -1.47. The Morgan fingerprint density at radius 2 is 2.11 bits per heavy atom. The van der Waals surface area contributed by atoms with Crippen LogP contribution >= 0.6 is 0 Å². The van der Waals surface area contributed by atoms with Gasteiger partial charge in [-0.25, -0.2) is 22.9 Å². The molecule has 1 amide bonds. The zero-order chi connectivity index (χ0) is 28.5. The fourth-order valence-electron chi connectivity index (χ4n) is 4.05. The predicted molar refractivity (Wildman–Crippen MR) is 134 cm³/mol. The monoisotopic (exact) mass is 553 g/mol. The molecule has 38 heavy (non-hydrogen) atoms. The van der Waals surface area contributed by atoms with Crippen LogP contribution in [-0.4, -0.2) is 55.4 Å². The number of alkyl halides is 3. The molecule has 1 aromatic rings. The summed E-state index contributed by atoms with van der Waals surface area (Å²) in [5.41, 5.74) is 5.18. The van der Waals surface area contributed by atoms with Gasteiger partial charge in [-0.3, -0.25) is 9.10 Å². The van der Waals surface area contributed by atoms with E-state index in [4.69, 9.17) is 11.0 Å². The van der Waals surface area contributed by atoms with Crippen LogP contribution in [0.5, 0.6) is 0 Å². The molecule has 3 N–H and O–H groups in total. The number of rotatable bonds is 5. The highest BCUT2D eigenvalue weighted by Crippen LogP contribution is 2.37. The first kappa shape index (κ1) is 28.8. The molecule has 0 aliphatic carbocycles. The number of nitrogens with one attached hydrogen (secondary N) is 1. The van der Waals surface area contributed by atoms with Crippen LogP contribution < -0.4 is 11.1 Å². The first-order valence-corrected chi connectivity index (χ1v) is 13.1. The Balaban J connectivity index is 1.84. The van der Waals surface area contributed by atoms with Crippen LogP contribution in [0.25, 0.3) is 0 Å². The summed E-state index contributed by atoms with van der Waals surface area (Å²) in [5.74, 6) is -2.30. The molecule has 3 rings (SSSR count). The lowest BCUT2D eigenvalue weighted by Gasteiger charge is -2.38. The smallest absolute Gasteiger partial charge is 0.369 e. The topological polar surface area (TPSA) is 137 Å². The number of fused-ring (bicyclic) bond motifs is 1. The second-order valence-corrected chi connectivity index (χ2v) is 11.4. The lowest BCUT2D eigenvalue weighted by Crippen LogP contribution is -2.53. The van der Waals surface area contributed by atoms with Crippen LogP contribution in [-0.2, 0) is 9.92 Å². The third-order valence-electron chi connectivity index (χ3n) is 6.09. The van der Waals surface area contributed by atoms with Gasteiger partial charge in [-0.1, -0.05) is 6.58 Å². The van der Waals surface area contributed by atoms with Gasteiger partial charge in [0.15, 0.2) is 6.04 Å². The molecule has 9 nitrogen and oxygen atoms in total. The van der Waals surface area contributed by atoms with E-state index >= 15 is 4.39 Å². The van der Waals surface area contributed by atoms with E-state index in [0.29, 0.717) is 11.1 Å². The Labute approximate surface area is 218 Å². The van der Waals surface area contributed by atoms with E-state index in [2.05, 4.69) is 26.2 Å². The maximum Gasteiger partial charge on any atom is 0.411 e. The van der Waals surface area contributed by atoms with E-state index in [-0.39, 0.29) is 42.3 Å². The van der Waals surface area contributed by atoms with Crippen molar-refractivity contribution < 1.29 is 26.6 Å². The molecule has 0 bridgehead atoms. The number of hydrogen-bond donors (Lipinski definition) is 2. The van der Waals surface area contributed by atoms with Crippen molar-refractivity contribution in [1.82, 2.24) is 14.6 Å². The van der Waals surface area contributed by atoms with Crippen molar-refractivity contribution in [2.45, 2.75) is 51.4 Å². The Hall–Kier alpha value is -3.73. The predicted octanol–water partition coefficient (Wildman–Crippen LogP) is 3.80.